The summed E-state index contributed by atoms with van der Waals surface area (Å²) in [6.07, 6.45) is -0.127. The highest BCUT2D eigenvalue weighted by molar-refractivity contribution is 6.00. The van der Waals surface area contributed by atoms with Gasteiger partial charge in [0.05, 0.1) is 12.3 Å². The smallest absolute Gasteiger partial charge is 0.412 e. The molecule has 3 N–H and O–H groups in total. The van der Waals surface area contributed by atoms with Gasteiger partial charge in [0.15, 0.2) is 0 Å². The number of fused-ring (bicyclic) bond motifs is 1. The van der Waals surface area contributed by atoms with Crippen LogP contribution in [0.3, 0.4) is 0 Å². The summed E-state index contributed by atoms with van der Waals surface area (Å²) in [5, 5.41) is 22.9. The van der Waals surface area contributed by atoms with Gasteiger partial charge in [0.2, 0.25) is 0 Å². The molecule has 0 saturated heterocycles. The number of aliphatic hydroxyl groups is 2. The molecule has 3 rings (SSSR count). The average molecular weight is 395 g/mol. The van der Waals surface area contributed by atoms with E-state index in [2.05, 4.69) is 5.32 Å². The number of benzene rings is 3. The van der Waals surface area contributed by atoms with E-state index in [9.17, 15) is 9.90 Å². The summed E-state index contributed by atoms with van der Waals surface area (Å²) in [7, 11) is 0. The second-order valence-corrected chi connectivity index (χ2v) is 6.56. The first kappa shape index (κ1) is 20.6. The lowest BCUT2D eigenvalue weighted by Gasteiger charge is -2.19. The number of rotatable bonds is 9. The van der Waals surface area contributed by atoms with Crippen molar-refractivity contribution >= 4 is 22.6 Å². The summed E-state index contributed by atoms with van der Waals surface area (Å²) in [5.74, 6) is 0.587. The van der Waals surface area contributed by atoms with Crippen LogP contribution in [0.2, 0.25) is 0 Å². The van der Waals surface area contributed by atoms with Crippen molar-refractivity contribution in [3.05, 3.63) is 72.3 Å². The Morgan fingerprint density at radius 2 is 1.76 bits per heavy atom. The third kappa shape index (κ3) is 5.70. The van der Waals surface area contributed by atoms with Gasteiger partial charge in [0, 0.05) is 12.0 Å². The molecule has 1 atom stereocenters. The van der Waals surface area contributed by atoms with Gasteiger partial charge < -0.3 is 19.7 Å². The molecule has 0 aromatic heterocycles. The third-order valence-corrected chi connectivity index (χ3v) is 4.49. The maximum Gasteiger partial charge on any atom is 0.412 e. The summed E-state index contributed by atoms with van der Waals surface area (Å²) in [6.45, 7) is 0.112. The van der Waals surface area contributed by atoms with Crippen molar-refractivity contribution < 1.29 is 24.5 Å². The lowest BCUT2D eigenvalue weighted by molar-refractivity contribution is 0.0992. The molecule has 0 radical (unpaired) electrons. The van der Waals surface area contributed by atoms with Crippen LogP contribution in [-0.2, 0) is 4.74 Å². The van der Waals surface area contributed by atoms with Gasteiger partial charge in [-0.15, -0.1) is 0 Å². The second-order valence-electron chi connectivity index (χ2n) is 6.56. The maximum atomic E-state index is 12.6. The molecule has 0 saturated carbocycles. The van der Waals surface area contributed by atoms with Gasteiger partial charge in [-0.1, -0.05) is 48.5 Å². The van der Waals surface area contributed by atoms with E-state index in [0.717, 1.165) is 16.3 Å². The van der Waals surface area contributed by atoms with Gasteiger partial charge >= 0.3 is 6.09 Å². The van der Waals surface area contributed by atoms with Crippen molar-refractivity contribution in [2.45, 2.75) is 18.9 Å². The van der Waals surface area contributed by atoms with E-state index in [4.69, 9.17) is 14.6 Å². The normalized spacial score (nSPS) is 11.8. The van der Waals surface area contributed by atoms with Gasteiger partial charge in [-0.3, -0.25) is 5.32 Å². The Kier molecular flexibility index (Phi) is 7.44. The van der Waals surface area contributed by atoms with Crippen LogP contribution in [0.15, 0.2) is 66.7 Å². The van der Waals surface area contributed by atoms with Crippen LogP contribution >= 0.6 is 0 Å². The number of amides is 1. The van der Waals surface area contributed by atoms with E-state index in [1.54, 1.807) is 18.2 Å². The molecule has 0 bridgehead atoms. The first-order valence-corrected chi connectivity index (χ1v) is 9.61. The maximum absolute atomic E-state index is 12.6. The Hall–Kier alpha value is -3.09. The lowest BCUT2D eigenvalue weighted by Crippen LogP contribution is -2.18. The standard InChI is InChI=1S/C23H25NO5/c25-13-5-12-22(18-8-3-9-19(16-18)28-15-14-26)29-23(27)24-21-11-4-7-17-6-1-2-10-20(17)21/h1-4,6-11,16,22,25-26H,5,12-15H2,(H,24,27)/t22-/m1/s1. The zero-order valence-corrected chi connectivity index (χ0v) is 16.1. The molecule has 0 heterocycles. The van der Waals surface area contributed by atoms with E-state index < -0.39 is 12.2 Å². The molecular weight excluding hydrogens is 370 g/mol. The van der Waals surface area contributed by atoms with Crippen molar-refractivity contribution in [1.29, 1.82) is 0 Å². The topological polar surface area (TPSA) is 88.0 Å². The Morgan fingerprint density at radius 3 is 2.59 bits per heavy atom. The molecule has 3 aromatic carbocycles. The Labute approximate surface area is 169 Å². The highest BCUT2D eigenvalue weighted by atomic mass is 16.6. The van der Waals surface area contributed by atoms with Crippen LogP contribution in [0.5, 0.6) is 5.75 Å². The predicted molar refractivity (Wildman–Crippen MR) is 112 cm³/mol. The number of anilines is 1. The van der Waals surface area contributed by atoms with Gasteiger partial charge in [-0.05, 0) is 42.0 Å². The van der Waals surface area contributed by atoms with Gasteiger partial charge in [0.1, 0.15) is 18.5 Å². The number of aliphatic hydroxyl groups excluding tert-OH is 2. The summed E-state index contributed by atoms with van der Waals surface area (Å²) in [4.78, 5) is 12.6. The Morgan fingerprint density at radius 1 is 0.966 bits per heavy atom. The highest BCUT2D eigenvalue weighted by Crippen LogP contribution is 2.28. The fourth-order valence-electron chi connectivity index (χ4n) is 3.14. The first-order chi connectivity index (χ1) is 14.2. The molecule has 0 aliphatic rings. The SMILES string of the molecule is O=C(Nc1cccc2ccccc12)O[C@H](CCCO)c1cccc(OCCO)c1. The molecular formula is C23H25NO5. The molecule has 1 amide bonds. The zero-order valence-electron chi connectivity index (χ0n) is 16.1. The zero-order chi connectivity index (χ0) is 20.5. The fraction of sp³-hybridized carbons (Fsp3) is 0.261. The van der Waals surface area contributed by atoms with Crippen molar-refractivity contribution in [1.82, 2.24) is 0 Å². The second kappa shape index (κ2) is 10.5. The number of carbonyl (C=O) groups excluding carboxylic acids is 1. The molecule has 0 unspecified atom stereocenters. The molecule has 3 aromatic rings. The van der Waals surface area contributed by atoms with Gasteiger partial charge in [-0.2, -0.15) is 0 Å². The van der Waals surface area contributed by atoms with E-state index in [1.165, 1.54) is 0 Å². The minimum Gasteiger partial charge on any atom is -0.491 e. The van der Waals surface area contributed by atoms with Crippen LogP contribution in [0, 0.1) is 0 Å². The first-order valence-electron chi connectivity index (χ1n) is 9.61. The molecule has 152 valence electrons. The minimum absolute atomic E-state index is 0.00546. The van der Waals surface area contributed by atoms with E-state index in [0.29, 0.717) is 24.3 Å². The van der Waals surface area contributed by atoms with Crippen molar-refractivity contribution in [2.75, 3.05) is 25.1 Å². The Balaban J connectivity index is 1.75. The quantitative estimate of drug-likeness (QED) is 0.503. The molecule has 0 aliphatic carbocycles. The van der Waals surface area contributed by atoms with E-state index >= 15 is 0 Å². The van der Waals surface area contributed by atoms with Crippen LogP contribution < -0.4 is 10.1 Å². The highest BCUT2D eigenvalue weighted by Gasteiger charge is 2.18. The third-order valence-electron chi connectivity index (χ3n) is 4.49. The minimum atomic E-state index is -0.564. The number of nitrogens with one attached hydrogen (secondary N) is 1. The molecule has 0 aliphatic heterocycles. The summed E-state index contributed by atoms with van der Waals surface area (Å²) < 4.78 is 11.1. The van der Waals surface area contributed by atoms with E-state index in [-0.39, 0.29) is 19.8 Å². The van der Waals surface area contributed by atoms with Crippen LogP contribution in [0.25, 0.3) is 10.8 Å². The van der Waals surface area contributed by atoms with Crippen LogP contribution in [0.1, 0.15) is 24.5 Å². The number of ether oxygens (including phenoxy) is 2. The number of hydrogen-bond acceptors (Lipinski definition) is 5. The summed E-state index contributed by atoms with van der Waals surface area (Å²) in [5.41, 5.74) is 1.44. The molecule has 6 heteroatoms. The molecule has 29 heavy (non-hydrogen) atoms. The van der Waals surface area contributed by atoms with Crippen LogP contribution in [-0.4, -0.2) is 36.1 Å². The fourth-order valence-corrected chi connectivity index (χ4v) is 3.14. The molecule has 0 fully saturated rings. The summed E-state index contributed by atoms with van der Waals surface area (Å²) >= 11 is 0. The van der Waals surface area contributed by atoms with Gasteiger partial charge in [-0.25, -0.2) is 4.79 Å². The van der Waals surface area contributed by atoms with Crippen molar-refractivity contribution in [2.24, 2.45) is 0 Å². The van der Waals surface area contributed by atoms with Gasteiger partial charge in [0.25, 0.3) is 0 Å². The van der Waals surface area contributed by atoms with Crippen molar-refractivity contribution in [3.63, 3.8) is 0 Å². The number of carbonyl (C=O) groups is 1. The van der Waals surface area contributed by atoms with Crippen LogP contribution in [0.4, 0.5) is 10.5 Å². The molecule has 6 nitrogen and oxygen atoms in total. The predicted octanol–water partition coefficient (Wildman–Crippen LogP) is 4.27. The Bertz CT molecular complexity index is 938. The molecule has 0 spiro atoms. The van der Waals surface area contributed by atoms with Crippen molar-refractivity contribution in [3.8, 4) is 5.75 Å². The lowest BCUT2D eigenvalue weighted by atomic mass is 10.0. The van der Waals surface area contributed by atoms with E-state index in [1.807, 2.05) is 48.5 Å². The number of hydrogen-bond donors (Lipinski definition) is 3. The average Bonchev–Trinajstić information content (AvgIpc) is 2.75. The monoisotopic (exact) mass is 395 g/mol. The largest absolute Gasteiger partial charge is 0.491 e. The summed E-state index contributed by atoms with van der Waals surface area (Å²) in [6, 6.07) is 20.7.